The highest BCUT2D eigenvalue weighted by Gasteiger charge is 2.16. The summed E-state index contributed by atoms with van der Waals surface area (Å²) in [6, 6.07) is 10.4. The zero-order valence-electron chi connectivity index (χ0n) is 9.50. The maximum atomic E-state index is 4.43. The molecular weight excluding hydrogens is 196 g/mol. The van der Waals surface area contributed by atoms with Crippen LogP contribution in [-0.4, -0.2) is 9.55 Å². The van der Waals surface area contributed by atoms with Crippen LogP contribution in [0.5, 0.6) is 0 Å². The Morgan fingerprint density at radius 2 is 2.12 bits per heavy atom. The molecule has 1 heterocycles. The first kappa shape index (κ1) is 10.7. The normalized spacial score (nSPS) is 12.3. The van der Waals surface area contributed by atoms with E-state index in [1.807, 2.05) is 31.6 Å². The quantitative estimate of drug-likeness (QED) is 0.712. The van der Waals surface area contributed by atoms with Crippen molar-refractivity contribution >= 4 is 0 Å². The third-order valence-corrected chi connectivity index (χ3v) is 2.77. The first-order valence-electron chi connectivity index (χ1n) is 5.46. The summed E-state index contributed by atoms with van der Waals surface area (Å²) in [6.07, 6.45) is 6.68. The van der Waals surface area contributed by atoms with Crippen LogP contribution in [0, 0.1) is 0 Å². The number of allylic oxidation sites excluding steroid dienone is 1. The number of aryl methyl sites for hydroxylation is 1. The standard InChI is InChI=1S/C14H16N2/c1-3-7-13(12-8-5-4-6-9-12)14-15-10-11-16(14)2/h3-6,8-11,13H,1,7H2,2H3. The van der Waals surface area contributed by atoms with Gasteiger partial charge in [0, 0.05) is 25.4 Å². The van der Waals surface area contributed by atoms with E-state index in [0.29, 0.717) is 5.92 Å². The van der Waals surface area contributed by atoms with Crippen molar-refractivity contribution in [2.75, 3.05) is 0 Å². The van der Waals surface area contributed by atoms with Gasteiger partial charge in [0.1, 0.15) is 5.82 Å². The van der Waals surface area contributed by atoms with Gasteiger partial charge >= 0.3 is 0 Å². The van der Waals surface area contributed by atoms with Gasteiger partial charge in [0.15, 0.2) is 0 Å². The summed E-state index contributed by atoms with van der Waals surface area (Å²) in [6.45, 7) is 3.83. The van der Waals surface area contributed by atoms with E-state index in [0.717, 1.165) is 12.2 Å². The van der Waals surface area contributed by atoms with E-state index >= 15 is 0 Å². The number of nitrogens with zero attached hydrogens (tertiary/aromatic N) is 2. The van der Waals surface area contributed by atoms with E-state index in [2.05, 4.69) is 40.4 Å². The molecule has 0 fully saturated rings. The Balaban J connectivity index is 2.39. The van der Waals surface area contributed by atoms with Gasteiger partial charge < -0.3 is 4.57 Å². The van der Waals surface area contributed by atoms with Gasteiger partial charge in [0.25, 0.3) is 0 Å². The summed E-state index contributed by atoms with van der Waals surface area (Å²) in [5.41, 5.74) is 1.29. The number of hydrogen-bond acceptors (Lipinski definition) is 1. The number of rotatable bonds is 4. The van der Waals surface area contributed by atoms with E-state index < -0.39 is 0 Å². The molecule has 1 atom stereocenters. The SMILES string of the molecule is C=CCC(c1ccccc1)c1nccn1C. The average molecular weight is 212 g/mol. The first-order chi connectivity index (χ1) is 7.83. The molecule has 16 heavy (non-hydrogen) atoms. The van der Waals surface area contributed by atoms with Gasteiger partial charge in [-0.3, -0.25) is 0 Å². The summed E-state index contributed by atoms with van der Waals surface area (Å²) in [5, 5.41) is 0. The lowest BCUT2D eigenvalue weighted by Gasteiger charge is -2.15. The zero-order chi connectivity index (χ0) is 11.4. The number of imidazole rings is 1. The Labute approximate surface area is 96.3 Å². The van der Waals surface area contributed by atoms with Crippen LogP contribution in [-0.2, 0) is 7.05 Å². The second-order valence-electron chi connectivity index (χ2n) is 3.88. The molecular formula is C14H16N2. The molecule has 1 unspecified atom stereocenters. The van der Waals surface area contributed by atoms with Gasteiger partial charge in [-0.05, 0) is 12.0 Å². The predicted molar refractivity (Wildman–Crippen MR) is 66.3 cm³/mol. The van der Waals surface area contributed by atoms with Crippen molar-refractivity contribution < 1.29 is 0 Å². The van der Waals surface area contributed by atoms with Crippen LogP contribution in [0.2, 0.25) is 0 Å². The topological polar surface area (TPSA) is 17.8 Å². The predicted octanol–water partition coefficient (Wildman–Crippen LogP) is 3.13. The number of benzene rings is 1. The first-order valence-corrected chi connectivity index (χ1v) is 5.46. The van der Waals surface area contributed by atoms with Crippen molar-refractivity contribution in [2.45, 2.75) is 12.3 Å². The highest BCUT2D eigenvalue weighted by Crippen LogP contribution is 2.26. The third-order valence-electron chi connectivity index (χ3n) is 2.77. The Bertz CT molecular complexity index is 457. The number of hydrogen-bond donors (Lipinski definition) is 0. The molecule has 1 aromatic heterocycles. The molecule has 2 heteroatoms. The smallest absolute Gasteiger partial charge is 0.116 e. The molecule has 0 aliphatic rings. The third kappa shape index (κ3) is 2.06. The van der Waals surface area contributed by atoms with E-state index in [4.69, 9.17) is 0 Å². The van der Waals surface area contributed by atoms with Crippen LogP contribution in [0.15, 0.2) is 55.4 Å². The van der Waals surface area contributed by atoms with Crippen LogP contribution >= 0.6 is 0 Å². The highest BCUT2D eigenvalue weighted by atomic mass is 15.0. The van der Waals surface area contributed by atoms with Crippen molar-refractivity contribution in [3.63, 3.8) is 0 Å². The van der Waals surface area contributed by atoms with Crippen LogP contribution in [0.4, 0.5) is 0 Å². The summed E-state index contributed by atoms with van der Waals surface area (Å²) in [7, 11) is 2.03. The Hall–Kier alpha value is -1.83. The lowest BCUT2D eigenvalue weighted by Crippen LogP contribution is -2.07. The molecule has 0 N–H and O–H groups in total. The van der Waals surface area contributed by atoms with Gasteiger partial charge in [-0.15, -0.1) is 6.58 Å². The van der Waals surface area contributed by atoms with Gasteiger partial charge in [0.2, 0.25) is 0 Å². The van der Waals surface area contributed by atoms with Gasteiger partial charge in [0.05, 0.1) is 0 Å². The van der Waals surface area contributed by atoms with Gasteiger partial charge in [-0.25, -0.2) is 4.98 Å². The monoisotopic (exact) mass is 212 g/mol. The Morgan fingerprint density at radius 3 is 2.69 bits per heavy atom. The van der Waals surface area contributed by atoms with E-state index in [-0.39, 0.29) is 0 Å². The summed E-state index contributed by atoms with van der Waals surface area (Å²) in [4.78, 5) is 4.43. The summed E-state index contributed by atoms with van der Waals surface area (Å²) >= 11 is 0. The van der Waals surface area contributed by atoms with E-state index in [1.54, 1.807) is 0 Å². The van der Waals surface area contributed by atoms with Crippen LogP contribution < -0.4 is 0 Å². The van der Waals surface area contributed by atoms with Crippen LogP contribution in [0.3, 0.4) is 0 Å². The van der Waals surface area contributed by atoms with Crippen LogP contribution in [0.25, 0.3) is 0 Å². The molecule has 0 bridgehead atoms. The Morgan fingerprint density at radius 1 is 1.38 bits per heavy atom. The molecule has 0 radical (unpaired) electrons. The maximum absolute atomic E-state index is 4.43. The Kier molecular flexibility index (Phi) is 3.20. The van der Waals surface area contributed by atoms with E-state index in [9.17, 15) is 0 Å². The molecule has 0 spiro atoms. The molecule has 82 valence electrons. The largest absolute Gasteiger partial charge is 0.337 e. The van der Waals surface area contributed by atoms with Gasteiger partial charge in [-0.2, -0.15) is 0 Å². The van der Waals surface area contributed by atoms with Crippen LogP contribution in [0.1, 0.15) is 23.7 Å². The van der Waals surface area contributed by atoms with Crippen molar-refractivity contribution in [2.24, 2.45) is 7.05 Å². The molecule has 0 amide bonds. The highest BCUT2D eigenvalue weighted by molar-refractivity contribution is 5.26. The van der Waals surface area contributed by atoms with Crippen molar-refractivity contribution in [1.29, 1.82) is 0 Å². The van der Waals surface area contributed by atoms with Gasteiger partial charge in [-0.1, -0.05) is 36.4 Å². The minimum atomic E-state index is 0.304. The van der Waals surface area contributed by atoms with Crippen molar-refractivity contribution in [3.05, 3.63) is 66.8 Å². The summed E-state index contributed by atoms with van der Waals surface area (Å²) in [5.74, 6) is 1.39. The van der Waals surface area contributed by atoms with Crippen molar-refractivity contribution in [3.8, 4) is 0 Å². The second-order valence-corrected chi connectivity index (χ2v) is 3.88. The zero-order valence-corrected chi connectivity index (χ0v) is 9.50. The molecule has 2 aromatic rings. The minimum absolute atomic E-state index is 0.304. The molecule has 2 nitrogen and oxygen atoms in total. The molecule has 2 rings (SSSR count). The fourth-order valence-corrected chi connectivity index (χ4v) is 1.96. The molecule has 0 aliphatic heterocycles. The maximum Gasteiger partial charge on any atom is 0.116 e. The van der Waals surface area contributed by atoms with E-state index in [1.165, 1.54) is 5.56 Å². The number of aromatic nitrogens is 2. The fraction of sp³-hybridized carbons (Fsp3) is 0.214. The van der Waals surface area contributed by atoms with Crippen molar-refractivity contribution in [1.82, 2.24) is 9.55 Å². The lowest BCUT2D eigenvalue weighted by atomic mass is 9.95. The minimum Gasteiger partial charge on any atom is -0.337 e. The molecule has 0 saturated heterocycles. The average Bonchev–Trinajstić information content (AvgIpc) is 2.73. The molecule has 0 saturated carbocycles. The summed E-state index contributed by atoms with van der Waals surface area (Å²) < 4.78 is 2.07. The molecule has 1 aromatic carbocycles. The second kappa shape index (κ2) is 4.79. The fourth-order valence-electron chi connectivity index (χ4n) is 1.96. The molecule has 0 aliphatic carbocycles. The lowest BCUT2D eigenvalue weighted by molar-refractivity contribution is 0.700.